The Labute approximate surface area is 125 Å². The molecule has 0 bridgehead atoms. The second-order valence-corrected chi connectivity index (χ2v) is 4.82. The van der Waals surface area contributed by atoms with Crippen LogP contribution in [0.1, 0.15) is 44.1 Å². The Bertz CT molecular complexity index is 458. The van der Waals surface area contributed by atoms with Crippen molar-refractivity contribution in [3.63, 3.8) is 0 Å². The summed E-state index contributed by atoms with van der Waals surface area (Å²) < 4.78 is 0. The number of hydrogen-bond donors (Lipinski definition) is 2. The van der Waals surface area contributed by atoms with Crippen molar-refractivity contribution in [1.29, 1.82) is 0 Å². The lowest BCUT2D eigenvalue weighted by Crippen LogP contribution is -2.21. The summed E-state index contributed by atoms with van der Waals surface area (Å²) in [4.78, 5) is 25.8. The molecule has 0 spiro atoms. The summed E-state index contributed by atoms with van der Waals surface area (Å²) in [6, 6.07) is 3.70. The number of rotatable bonds is 10. The van der Waals surface area contributed by atoms with E-state index in [4.69, 9.17) is 5.11 Å². The Morgan fingerprint density at radius 2 is 1.95 bits per heavy atom. The fourth-order valence-corrected chi connectivity index (χ4v) is 1.85. The zero-order chi connectivity index (χ0) is 15.3. The average molecular weight is 290 g/mol. The maximum Gasteiger partial charge on any atom is 0.303 e. The molecule has 0 radical (unpaired) electrons. The standard InChI is InChI=1S/C16H22N2O3/c19-15(10-9-14-7-6-11-17-13-14)18-12-5-3-1-2-4-8-16(20)21/h6-7,9-11,13H,1-5,8,12H2,(H,18,19)(H,20,21)/b10-9+. The van der Waals surface area contributed by atoms with E-state index in [0.29, 0.717) is 6.54 Å². The van der Waals surface area contributed by atoms with Crippen molar-refractivity contribution >= 4 is 18.0 Å². The SMILES string of the molecule is O=C(O)CCCCCCCNC(=O)/C=C/c1cccnc1. The number of aliphatic carboxylic acids is 1. The van der Waals surface area contributed by atoms with Crippen molar-refractivity contribution in [3.8, 4) is 0 Å². The minimum Gasteiger partial charge on any atom is -0.481 e. The van der Waals surface area contributed by atoms with Gasteiger partial charge in [-0.1, -0.05) is 25.3 Å². The molecule has 0 aromatic carbocycles. The van der Waals surface area contributed by atoms with E-state index in [1.807, 2.05) is 12.1 Å². The average Bonchev–Trinajstić information content (AvgIpc) is 2.48. The number of unbranched alkanes of at least 4 members (excludes halogenated alkanes) is 4. The molecule has 0 unspecified atom stereocenters. The molecule has 0 aliphatic rings. The maximum atomic E-state index is 11.5. The maximum absolute atomic E-state index is 11.5. The fraction of sp³-hybridized carbons (Fsp3) is 0.438. The second kappa shape index (κ2) is 10.6. The summed E-state index contributed by atoms with van der Waals surface area (Å²) in [6.45, 7) is 0.648. The van der Waals surface area contributed by atoms with Crippen molar-refractivity contribution in [1.82, 2.24) is 10.3 Å². The van der Waals surface area contributed by atoms with Crippen LogP contribution in [0.3, 0.4) is 0 Å². The zero-order valence-corrected chi connectivity index (χ0v) is 12.1. The summed E-state index contributed by atoms with van der Waals surface area (Å²) in [5.74, 6) is -0.840. The van der Waals surface area contributed by atoms with Gasteiger partial charge in [0.2, 0.25) is 5.91 Å². The van der Waals surface area contributed by atoms with Gasteiger partial charge in [0.25, 0.3) is 0 Å². The van der Waals surface area contributed by atoms with E-state index in [0.717, 1.165) is 37.7 Å². The zero-order valence-electron chi connectivity index (χ0n) is 12.1. The van der Waals surface area contributed by atoms with Gasteiger partial charge >= 0.3 is 5.97 Å². The Balaban J connectivity index is 2.01. The van der Waals surface area contributed by atoms with Crippen LogP contribution in [0.25, 0.3) is 6.08 Å². The lowest BCUT2D eigenvalue weighted by atomic mass is 10.1. The van der Waals surface area contributed by atoms with Crippen LogP contribution in [0.15, 0.2) is 30.6 Å². The van der Waals surface area contributed by atoms with Crippen molar-refractivity contribution in [2.75, 3.05) is 6.54 Å². The van der Waals surface area contributed by atoms with Crippen molar-refractivity contribution < 1.29 is 14.7 Å². The highest BCUT2D eigenvalue weighted by atomic mass is 16.4. The number of amides is 1. The predicted octanol–water partition coefficient (Wildman–Crippen LogP) is 2.64. The minimum atomic E-state index is -0.734. The van der Waals surface area contributed by atoms with Crippen molar-refractivity contribution in [3.05, 3.63) is 36.2 Å². The third-order valence-electron chi connectivity index (χ3n) is 2.98. The molecule has 5 heteroatoms. The van der Waals surface area contributed by atoms with E-state index >= 15 is 0 Å². The van der Waals surface area contributed by atoms with Crippen LogP contribution >= 0.6 is 0 Å². The minimum absolute atomic E-state index is 0.107. The van der Waals surface area contributed by atoms with E-state index in [1.54, 1.807) is 18.5 Å². The summed E-state index contributed by atoms with van der Waals surface area (Å²) in [5.41, 5.74) is 0.895. The molecule has 21 heavy (non-hydrogen) atoms. The first-order valence-corrected chi connectivity index (χ1v) is 7.26. The topological polar surface area (TPSA) is 79.3 Å². The van der Waals surface area contributed by atoms with Gasteiger partial charge in [-0.05, 0) is 30.5 Å². The third-order valence-corrected chi connectivity index (χ3v) is 2.98. The molecule has 1 rings (SSSR count). The van der Waals surface area contributed by atoms with E-state index in [1.165, 1.54) is 6.08 Å². The molecule has 114 valence electrons. The Morgan fingerprint density at radius 1 is 1.19 bits per heavy atom. The molecule has 0 saturated heterocycles. The van der Waals surface area contributed by atoms with Gasteiger partial charge in [-0.2, -0.15) is 0 Å². The monoisotopic (exact) mass is 290 g/mol. The quantitative estimate of drug-likeness (QED) is 0.513. The lowest BCUT2D eigenvalue weighted by Gasteiger charge is -2.02. The molecule has 1 amide bonds. The van der Waals surface area contributed by atoms with Gasteiger partial charge in [-0.15, -0.1) is 0 Å². The molecule has 0 aliphatic heterocycles. The molecule has 0 fully saturated rings. The normalized spacial score (nSPS) is 10.7. The van der Waals surface area contributed by atoms with Crippen LogP contribution in [-0.4, -0.2) is 28.5 Å². The van der Waals surface area contributed by atoms with Crippen LogP contribution in [0.2, 0.25) is 0 Å². The predicted molar refractivity (Wildman–Crippen MR) is 81.6 cm³/mol. The number of pyridine rings is 1. The summed E-state index contributed by atoms with van der Waals surface area (Å²) >= 11 is 0. The molecule has 5 nitrogen and oxygen atoms in total. The first-order chi connectivity index (χ1) is 10.2. The van der Waals surface area contributed by atoms with Gasteiger partial charge in [0.05, 0.1) is 0 Å². The molecule has 0 atom stereocenters. The van der Waals surface area contributed by atoms with E-state index in [2.05, 4.69) is 10.3 Å². The molecular weight excluding hydrogens is 268 g/mol. The first-order valence-electron chi connectivity index (χ1n) is 7.26. The number of hydrogen-bond acceptors (Lipinski definition) is 3. The summed E-state index contributed by atoms with van der Waals surface area (Å²) in [5, 5.41) is 11.3. The number of carboxylic acids is 1. The highest BCUT2D eigenvalue weighted by molar-refractivity contribution is 5.91. The first kappa shape index (κ1) is 16.9. The van der Waals surface area contributed by atoms with Crippen molar-refractivity contribution in [2.45, 2.75) is 38.5 Å². The smallest absolute Gasteiger partial charge is 0.303 e. The van der Waals surface area contributed by atoms with Gasteiger partial charge in [0.15, 0.2) is 0 Å². The summed E-state index contributed by atoms with van der Waals surface area (Å²) in [7, 11) is 0. The van der Waals surface area contributed by atoms with Crippen LogP contribution in [0, 0.1) is 0 Å². The highest BCUT2D eigenvalue weighted by Gasteiger charge is 1.97. The van der Waals surface area contributed by atoms with Gasteiger partial charge in [0, 0.05) is 31.4 Å². The van der Waals surface area contributed by atoms with Crippen LogP contribution in [0.4, 0.5) is 0 Å². The lowest BCUT2D eigenvalue weighted by molar-refractivity contribution is -0.137. The Morgan fingerprint density at radius 3 is 2.67 bits per heavy atom. The van der Waals surface area contributed by atoms with Crippen molar-refractivity contribution in [2.24, 2.45) is 0 Å². The van der Waals surface area contributed by atoms with Gasteiger partial charge in [-0.25, -0.2) is 0 Å². The van der Waals surface area contributed by atoms with E-state index < -0.39 is 5.97 Å². The fourth-order valence-electron chi connectivity index (χ4n) is 1.85. The Hall–Kier alpha value is -2.17. The van der Waals surface area contributed by atoms with E-state index in [9.17, 15) is 9.59 Å². The highest BCUT2D eigenvalue weighted by Crippen LogP contribution is 2.04. The van der Waals surface area contributed by atoms with Gasteiger partial charge < -0.3 is 10.4 Å². The van der Waals surface area contributed by atoms with Gasteiger partial charge in [-0.3, -0.25) is 14.6 Å². The Kier molecular flexibility index (Phi) is 8.52. The molecular formula is C16H22N2O3. The molecule has 2 N–H and O–H groups in total. The number of nitrogens with one attached hydrogen (secondary N) is 1. The molecule has 1 heterocycles. The largest absolute Gasteiger partial charge is 0.481 e. The molecule has 0 aliphatic carbocycles. The molecule has 1 aromatic rings. The number of nitrogens with zero attached hydrogens (tertiary/aromatic N) is 1. The number of carboxylic acid groups (broad SMARTS) is 1. The number of carbonyl (C=O) groups is 2. The number of aromatic nitrogens is 1. The molecule has 1 aromatic heterocycles. The number of carbonyl (C=O) groups excluding carboxylic acids is 1. The third kappa shape index (κ3) is 9.38. The second-order valence-electron chi connectivity index (χ2n) is 4.82. The van der Waals surface area contributed by atoms with Crippen LogP contribution < -0.4 is 5.32 Å². The van der Waals surface area contributed by atoms with Crippen LogP contribution in [-0.2, 0) is 9.59 Å². The van der Waals surface area contributed by atoms with Gasteiger partial charge in [0.1, 0.15) is 0 Å². The summed E-state index contributed by atoms with van der Waals surface area (Å²) in [6.07, 6.45) is 11.5. The van der Waals surface area contributed by atoms with Crippen LogP contribution in [0.5, 0.6) is 0 Å². The van der Waals surface area contributed by atoms with E-state index in [-0.39, 0.29) is 12.3 Å². The molecule has 0 saturated carbocycles.